The van der Waals surface area contributed by atoms with Crippen molar-refractivity contribution in [1.29, 1.82) is 0 Å². The predicted octanol–water partition coefficient (Wildman–Crippen LogP) is 6.43. The van der Waals surface area contributed by atoms with Gasteiger partial charge in [0.15, 0.2) is 0 Å². The van der Waals surface area contributed by atoms with Gasteiger partial charge in [-0.3, -0.25) is 4.79 Å². The van der Waals surface area contributed by atoms with Gasteiger partial charge in [-0.2, -0.15) is 4.31 Å². The number of thiophene rings is 1. The summed E-state index contributed by atoms with van der Waals surface area (Å²) in [7, 11) is -1.57. The number of halogens is 1. The lowest BCUT2D eigenvalue weighted by molar-refractivity contribution is 0.102. The van der Waals surface area contributed by atoms with Crippen molar-refractivity contribution >= 4 is 66.2 Å². The Hall–Kier alpha value is -3.12. The zero-order chi connectivity index (χ0) is 28.1. The van der Waals surface area contributed by atoms with Gasteiger partial charge in [-0.1, -0.05) is 36.4 Å². The zero-order valence-corrected chi connectivity index (χ0v) is 26.1. The Bertz CT molecular complexity index is 1870. The molecule has 0 fully saturated rings. The molecule has 3 aromatic carbocycles. The molecule has 0 saturated carbocycles. The molecule has 1 amide bonds. The fourth-order valence-corrected chi connectivity index (χ4v) is 9.45. The molecule has 0 saturated heterocycles. The number of hydrogen-bond donors (Lipinski definition) is 1. The summed E-state index contributed by atoms with van der Waals surface area (Å²) in [5, 5.41) is 4.84. The molecule has 4 heterocycles. The minimum atomic E-state index is -3.68. The molecule has 0 aliphatic carbocycles. The van der Waals surface area contributed by atoms with E-state index in [1.165, 1.54) is 32.4 Å². The number of nitrogens with one attached hydrogen (secondary N) is 1. The van der Waals surface area contributed by atoms with Crippen molar-refractivity contribution in [3.63, 3.8) is 0 Å². The second-order valence-electron chi connectivity index (χ2n) is 10.5. The van der Waals surface area contributed by atoms with E-state index in [4.69, 9.17) is 4.98 Å². The maximum absolute atomic E-state index is 13.5. The number of aromatic nitrogens is 1. The van der Waals surface area contributed by atoms with Crippen molar-refractivity contribution in [1.82, 2.24) is 14.2 Å². The molecule has 2 aliphatic rings. The van der Waals surface area contributed by atoms with Crippen LogP contribution in [0.1, 0.15) is 31.9 Å². The number of nitrogens with zero attached hydrogens (tertiary/aromatic N) is 3. The highest BCUT2D eigenvalue weighted by molar-refractivity contribution is 7.89. The topological polar surface area (TPSA) is 82.6 Å². The SMILES string of the molecule is CN1CCc2c(sc(NC(=O)c3ccc(S(=O)(=O)N4CCc5ccccc5C4)cc3)c2-c2nc3ccccc3s2)C1.Cl. The number of rotatable bonds is 5. The lowest BCUT2D eigenvalue weighted by atomic mass is 10.0. The average molecular weight is 637 g/mol. The van der Waals surface area contributed by atoms with Crippen molar-refractivity contribution in [3.05, 3.63) is 99.9 Å². The van der Waals surface area contributed by atoms with Crippen LogP contribution in [0, 0.1) is 0 Å². The second-order valence-corrected chi connectivity index (χ2v) is 14.6. The molecule has 7 rings (SSSR count). The number of benzene rings is 3. The molecule has 0 unspecified atom stereocenters. The van der Waals surface area contributed by atoms with Gasteiger partial charge in [-0.05, 0) is 73.0 Å². The fraction of sp³-hybridized carbons (Fsp3) is 0.226. The molecule has 216 valence electrons. The van der Waals surface area contributed by atoms with Crippen molar-refractivity contribution in [2.45, 2.75) is 30.8 Å². The van der Waals surface area contributed by atoms with Gasteiger partial charge in [-0.25, -0.2) is 13.4 Å². The van der Waals surface area contributed by atoms with Crippen LogP contribution in [0.4, 0.5) is 5.00 Å². The first kappa shape index (κ1) is 29.0. The Balaban J connectivity index is 0.00000316. The van der Waals surface area contributed by atoms with Crippen LogP contribution < -0.4 is 5.32 Å². The van der Waals surface area contributed by atoms with Gasteiger partial charge in [0.2, 0.25) is 10.0 Å². The highest BCUT2D eigenvalue weighted by Crippen LogP contribution is 2.45. The summed E-state index contributed by atoms with van der Waals surface area (Å²) in [6, 6.07) is 22.3. The lowest BCUT2D eigenvalue weighted by Gasteiger charge is -2.28. The largest absolute Gasteiger partial charge is 0.313 e. The monoisotopic (exact) mass is 636 g/mol. The Morgan fingerprint density at radius 1 is 0.881 bits per heavy atom. The number of anilines is 1. The van der Waals surface area contributed by atoms with Crippen LogP contribution in [0.5, 0.6) is 0 Å². The third kappa shape index (κ3) is 5.27. The Morgan fingerprint density at radius 2 is 1.62 bits per heavy atom. The van der Waals surface area contributed by atoms with E-state index in [1.807, 2.05) is 36.4 Å². The number of carbonyl (C=O) groups is 1. The number of sulfonamides is 1. The highest BCUT2D eigenvalue weighted by Gasteiger charge is 2.29. The Labute approximate surface area is 259 Å². The second kappa shape index (κ2) is 11.5. The maximum atomic E-state index is 13.5. The summed E-state index contributed by atoms with van der Waals surface area (Å²) in [6.07, 6.45) is 1.59. The maximum Gasteiger partial charge on any atom is 0.256 e. The van der Waals surface area contributed by atoms with E-state index in [9.17, 15) is 13.2 Å². The molecule has 0 atom stereocenters. The van der Waals surface area contributed by atoms with E-state index < -0.39 is 10.0 Å². The Kier molecular flexibility index (Phi) is 7.95. The molecular formula is C31H29ClN4O3S3. The zero-order valence-electron chi connectivity index (χ0n) is 22.9. The highest BCUT2D eigenvalue weighted by atomic mass is 35.5. The standard InChI is InChI=1S/C31H28N4O3S3.ClH/c1-34-16-15-24-27(19-34)40-31(28(24)30-32-25-8-4-5-9-26(25)39-30)33-29(36)21-10-12-23(13-11-21)41(37,38)35-17-14-20-6-2-3-7-22(20)18-35;/h2-13H,14-19H2,1H3,(H,33,36);1H. The molecule has 0 bridgehead atoms. The van der Waals surface area contributed by atoms with Crippen molar-refractivity contribution in [2.75, 3.05) is 25.5 Å². The third-order valence-corrected chi connectivity index (χ3v) is 11.9. The van der Waals surface area contributed by atoms with E-state index >= 15 is 0 Å². The first-order valence-electron chi connectivity index (χ1n) is 13.5. The predicted molar refractivity (Wildman–Crippen MR) is 172 cm³/mol. The van der Waals surface area contributed by atoms with Gasteiger partial charge >= 0.3 is 0 Å². The molecule has 7 nitrogen and oxygen atoms in total. The molecule has 2 aromatic heterocycles. The Morgan fingerprint density at radius 3 is 2.40 bits per heavy atom. The normalized spacial score (nSPS) is 15.5. The van der Waals surface area contributed by atoms with Gasteiger partial charge < -0.3 is 10.2 Å². The van der Waals surface area contributed by atoms with E-state index in [0.29, 0.717) is 25.1 Å². The van der Waals surface area contributed by atoms with Crippen LogP contribution in [0.25, 0.3) is 20.8 Å². The minimum Gasteiger partial charge on any atom is -0.313 e. The van der Waals surface area contributed by atoms with Gasteiger partial charge in [-0.15, -0.1) is 35.1 Å². The summed E-state index contributed by atoms with van der Waals surface area (Å²) in [5.41, 5.74) is 5.85. The summed E-state index contributed by atoms with van der Waals surface area (Å²) in [5.74, 6) is -0.268. The summed E-state index contributed by atoms with van der Waals surface area (Å²) in [4.78, 5) is 22.1. The number of hydrogen-bond acceptors (Lipinski definition) is 7. The third-order valence-electron chi connectivity index (χ3n) is 7.83. The smallest absolute Gasteiger partial charge is 0.256 e. The van der Waals surface area contributed by atoms with Gasteiger partial charge in [0.25, 0.3) is 5.91 Å². The molecule has 11 heteroatoms. The first-order valence-corrected chi connectivity index (χ1v) is 16.6. The van der Waals surface area contributed by atoms with Crippen molar-refractivity contribution in [3.8, 4) is 10.6 Å². The summed E-state index contributed by atoms with van der Waals surface area (Å²) in [6.45, 7) is 2.58. The first-order chi connectivity index (χ1) is 19.9. The van der Waals surface area contributed by atoms with Gasteiger partial charge in [0.05, 0.1) is 15.1 Å². The van der Waals surface area contributed by atoms with Crippen LogP contribution in [-0.4, -0.2) is 48.7 Å². The number of fused-ring (bicyclic) bond motifs is 3. The number of thiazole rings is 1. The summed E-state index contributed by atoms with van der Waals surface area (Å²) < 4.78 is 29.4. The van der Waals surface area contributed by atoms with Crippen LogP contribution >= 0.6 is 35.1 Å². The molecule has 1 N–H and O–H groups in total. The van der Waals surface area contributed by atoms with Gasteiger partial charge in [0.1, 0.15) is 10.0 Å². The molecular weight excluding hydrogens is 608 g/mol. The number of carbonyl (C=O) groups excluding carboxylic acids is 1. The van der Waals surface area contributed by atoms with E-state index in [0.717, 1.165) is 50.9 Å². The molecule has 42 heavy (non-hydrogen) atoms. The van der Waals surface area contributed by atoms with Gasteiger partial charge in [0, 0.05) is 42.2 Å². The molecule has 2 aliphatic heterocycles. The van der Waals surface area contributed by atoms with Crippen LogP contribution in [0.2, 0.25) is 0 Å². The van der Waals surface area contributed by atoms with Crippen LogP contribution in [0.3, 0.4) is 0 Å². The quantitative estimate of drug-likeness (QED) is 0.240. The van der Waals surface area contributed by atoms with Crippen molar-refractivity contribution in [2.24, 2.45) is 0 Å². The van der Waals surface area contributed by atoms with Crippen LogP contribution in [0.15, 0.2) is 77.7 Å². The van der Waals surface area contributed by atoms with E-state index in [1.54, 1.807) is 34.8 Å². The van der Waals surface area contributed by atoms with E-state index in [-0.39, 0.29) is 23.2 Å². The minimum absolute atomic E-state index is 0. The summed E-state index contributed by atoms with van der Waals surface area (Å²) >= 11 is 3.24. The fourth-order valence-electron chi connectivity index (χ4n) is 5.60. The molecule has 0 spiro atoms. The van der Waals surface area contributed by atoms with Crippen molar-refractivity contribution < 1.29 is 13.2 Å². The number of para-hydroxylation sites is 1. The van der Waals surface area contributed by atoms with Crippen LogP contribution in [-0.2, 0) is 36.0 Å². The van der Waals surface area contributed by atoms with E-state index in [2.05, 4.69) is 29.4 Å². The molecule has 0 radical (unpaired) electrons. The average Bonchev–Trinajstić information content (AvgIpc) is 3.57. The molecule has 5 aromatic rings. The lowest BCUT2D eigenvalue weighted by Crippen LogP contribution is -2.35. The number of amides is 1. The number of likely N-dealkylation sites (N-methyl/N-ethyl adjacent to an activating group) is 1.